The van der Waals surface area contributed by atoms with E-state index >= 15 is 0 Å². The van der Waals surface area contributed by atoms with Gasteiger partial charge in [0.05, 0.1) is 29.4 Å². The fraction of sp³-hybridized carbons (Fsp3) is 0.211. The van der Waals surface area contributed by atoms with Crippen LogP contribution in [0.3, 0.4) is 0 Å². The van der Waals surface area contributed by atoms with Gasteiger partial charge in [-0.2, -0.15) is 0 Å². The molecule has 0 saturated carbocycles. The number of fused-ring (bicyclic) bond motifs is 1. The largest absolute Gasteiger partial charge is 0.379 e. The van der Waals surface area contributed by atoms with Crippen LogP contribution in [0.4, 0.5) is 17.1 Å². The molecule has 8 nitrogen and oxygen atoms in total. The Hall–Kier alpha value is -3.23. The topological polar surface area (TPSA) is 87.9 Å². The van der Waals surface area contributed by atoms with E-state index in [1.165, 1.54) is 12.1 Å². The van der Waals surface area contributed by atoms with Gasteiger partial charge in [0.15, 0.2) is 0 Å². The first-order valence-corrected chi connectivity index (χ1v) is 8.62. The monoisotopic (exact) mass is 366 g/mol. The number of carbonyl (C=O) groups excluding carboxylic acids is 1. The molecular formula is C19H18N4O4. The number of morpholine rings is 1. The Morgan fingerprint density at radius 1 is 1.15 bits per heavy atom. The summed E-state index contributed by atoms with van der Waals surface area (Å²) in [4.78, 5) is 23.2. The molecule has 8 heteroatoms. The summed E-state index contributed by atoms with van der Waals surface area (Å²) >= 11 is 0. The van der Waals surface area contributed by atoms with Crippen LogP contribution >= 0.6 is 0 Å². The maximum absolute atomic E-state index is 12.5. The number of ether oxygens (including phenoxy) is 1. The van der Waals surface area contributed by atoms with Crippen molar-refractivity contribution in [2.75, 3.05) is 36.6 Å². The molecule has 1 N–H and O–H groups in total. The summed E-state index contributed by atoms with van der Waals surface area (Å²) in [5, 5.41) is 17.9. The van der Waals surface area contributed by atoms with Gasteiger partial charge >= 0.3 is 0 Å². The molecule has 2 heterocycles. The van der Waals surface area contributed by atoms with E-state index in [1.807, 2.05) is 35.3 Å². The summed E-state index contributed by atoms with van der Waals surface area (Å²) in [5.41, 5.74) is 2.35. The summed E-state index contributed by atoms with van der Waals surface area (Å²) < 4.78 is 5.43. The van der Waals surface area contributed by atoms with Crippen LogP contribution < -0.4 is 10.3 Å². The molecule has 2 aromatic rings. The maximum atomic E-state index is 12.5. The van der Waals surface area contributed by atoms with Gasteiger partial charge in [-0.1, -0.05) is 18.2 Å². The van der Waals surface area contributed by atoms with Gasteiger partial charge in [0.2, 0.25) is 0 Å². The van der Waals surface area contributed by atoms with Gasteiger partial charge in [-0.05, 0) is 18.2 Å². The number of nitrogens with one attached hydrogen (secondary N) is 1. The molecule has 0 spiro atoms. The molecule has 1 fully saturated rings. The van der Waals surface area contributed by atoms with Crippen molar-refractivity contribution in [3.63, 3.8) is 0 Å². The first kappa shape index (κ1) is 17.2. The van der Waals surface area contributed by atoms with Crippen LogP contribution in [0.15, 0.2) is 54.7 Å². The average Bonchev–Trinajstić information content (AvgIpc) is 3.01. The van der Waals surface area contributed by atoms with E-state index in [1.54, 1.807) is 12.3 Å². The van der Waals surface area contributed by atoms with Crippen molar-refractivity contribution in [3.05, 3.63) is 70.4 Å². The molecule has 1 amide bonds. The van der Waals surface area contributed by atoms with E-state index in [-0.39, 0.29) is 11.6 Å². The number of nitro benzene ring substituents is 1. The van der Waals surface area contributed by atoms with Crippen LogP contribution in [0.5, 0.6) is 0 Å². The lowest BCUT2D eigenvalue weighted by atomic mass is 10.1. The summed E-state index contributed by atoms with van der Waals surface area (Å²) in [6.07, 6.45) is 1.74. The van der Waals surface area contributed by atoms with E-state index in [2.05, 4.69) is 10.3 Å². The second kappa shape index (κ2) is 7.18. The number of hydrogen-bond acceptors (Lipinski definition) is 6. The number of nitro groups is 1. The molecule has 27 heavy (non-hydrogen) atoms. The zero-order valence-electron chi connectivity index (χ0n) is 14.5. The van der Waals surface area contributed by atoms with Gasteiger partial charge in [0.25, 0.3) is 11.6 Å². The lowest BCUT2D eigenvalue weighted by Crippen LogP contribution is -2.46. The first-order valence-electron chi connectivity index (χ1n) is 8.62. The number of amides is 1. The van der Waals surface area contributed by atoms with Crippen molar-refractivity contribution in [1.29, 1.82) is 0 Å². The Bertz CT molecular complexity index is 907. The Morgan fingerprint density at radius 2 is 1.89 bits per heavy atom. The number of carbonyl (C=O) groups is 1. The van der Waals surface area contributed by atoms with Crippen molar-refractivity contribution in [3.8, 4) is 0 Å². The molecule has 0 atom stereocenters. The third-order valence-corrected chi connectivity index (χ3v) is 4.56. The minimum Gasteiger partial charge on any atom is -0.379 e. The van der Waals surface area contributed by atoms with Crippen LogP contribution in [0.25, 0.3) is 5.57 Å². The third kappa shape index (κ3) is 3.40. The standard InChI is InChI=1S/C19H18N4O4/c24-19-17(16-12-15(23(25)26)6-7-18(16)20-19)13-22(14-4-2-1-3-5-14)21-8-10-27-11-9-21/h1-7,12-13H,8-11H2,(H,20,24). The zero-order chi connectivity index (χ0) is 18.8. The highest BCUT2D eigenvalue weighted by atomic mass is 16.6. The molecule has 2 aromatic carbocycles. The number of para-hydroxylation sites is 1. The maximum Gasteiger partial charge on any atom is 0.270 e. The highest BCUT2D eigenvalue weighted by Crippen LogP contribution is 2.35. The van der Waals surface area contributed by atoms with Gasteiger partial charge in [-0.3, -0.25) is 19.9 Å². The van der Waals surface area contributed by atoms with Crippen LogP contribution in [-0.4, -0.2) is 42.1 Å². The molecule has 2 aliphatic rings. The highest BCUT2D eigenvalue weighted by Gasteiger charge is 2.28. The first-order chi connectivity index (χ1) is 13.1. The Balaban J connectivity index is 1.78. The van der Waals surface area contributed by atoms with E-state index in [0.717, 1.165) is 5.69 Å². The minimum absolute atomic E-state index is 0.0474. The predicted octanol–water partition coefficient (Wildman–Crippen LogP) is 2.64. The molecule has 0 unspecified atom stereocenters. The van der Waals surface area contributed by atoms with E-state index in [4.69, 9.17) is 4.74 Å². The summed E-state index contributed by atoms with van der Waals surface area (Å²) in [7, 11) is 0. The molecule has 2 aliphatic heterocycles. The quantitative estimate of drug-likeness (QED) is 0.508. The Labute approximate surface area is 155 Å². The van der Waals surface area contributed by atoms with E-state index < -0.39 is 4.92 Å². The average molecular weight is 366 g/mol. The van der Waals surface area contributed by atoms with E-state index in [0.29, 0.717) is 43.1 Å². The van der Waals surface area contributed by atoms with Crippen molar-refractivity contribution in [2.24, 2.45) is 0 Å². The zero-order valence-corrected chi connectivity index (χ0v) is 14.5. The molecule has 138 valence electrons. The number of rotatable bonds is 4. The number of non-ortho nitro benzene ring substituents is 1. The van der Waals surface area contributed by atoms with Crippen molar-refractivity contribution < 1.29 is 14.5 Å². The minimum atomic E-state index is -0.461. The summed E-state index contributed by atoms with van der Waals surface area (Å²) in [6, 6.07) is 14.1. The molecule has 1 saturated heterocycles. The molecular weight excluding hydrogens is 348 g/mol. The van der Waals surface area contributed by atoms with Crippen LogP contribution in [-0.2, 0) is 9.53 Å². The van der Waals surface area contributed by atoms with Crippen LogP contribution in [0, 0.1) is 10.1 Å². The SMILES string of the molecule is O=C1Nc2ccc([N+](=O)[O-])cc2C1=CN(c1ccccc1)N1CCOCC1. The van der Waals surface area contributed by atoms with E-state index in [9.17, 15) is 14.9 Å². The van der Waals surface area contributed by atoms with Crippen LogP contribution in [0.1, 0.15) is 5.56 Å². The fourth-order valence-corrected chi connectivity index (χ4v) is 3.21. The van der Waals surface area contributed by atoms with Gasteiger partial charge < -0.3 is 10.1 Å². The molecule has 0 aliphatic carbocycles. The Kier molecular flexibility index (Phi) is 4.57. The fourth-order valence-electron chi connectivity index (χ4n) is 3.21. The Morgan fingerprint density at radius 3 is 2.59 bits per heavy atom. The number of nitrogens with zero attached hydrogens (tertiary/aromatic N) is 3. The molecule has 0 radical (unpaired) electrons. The lowest BCUT2D eigenvalue weighted by molar-refractivity contribution is -0.384. The number of hydrogen-bond donors (Lipinski definition) is 1. The van der Waals surface area contributed by atoms with Crippen molar-refractivity contribution >= 4 is 28.5 Å². The smallest absolute Gasteiger partial charge is 0.270 e. The van der Waals surface area contributed by atoms with Crippen molar-refractivity contribution in [2.45, 2.75) is 0 Å². The molecule has 0 bridgehead atoms. The second-order valence-corrected chi connectivity index (χ2v) is 6.23. The number of benzene rings is 2. The van der Waals surface area contributed by atoms with Gasteiger partial charge in [0.1, 0.15) is 0 Å². The van der Waals surface area contributed by atoms with Gasteiger partial charge in [-0.25, -0.2) is 5.01 Å². The normalized spacial score (nSPS) is 18.2. The second-order valence-electron chi connectivity index (χ2n) is 6.23. The van der Waals surface area contributed by atoms with Gasteiger partial charge in [0, 0.05) is 42.7 Å². The molecule has 4 rings (SSSR count). The summed E-state index contributed by atoms with van der Waals surface area (Å²) in [5.74, 6) is -0.278. The van der Waals surface area contributed by atoms with Gasteiger partial charge in [-0.15, -0.1) is 0 Å². The predicted molar refractivity (Wildman–Crippen MR) is 101 cm³/mol. The summed E-state index contributed by atoms with van der Waals surface area (Å²) in [6.45, 7) is 2.56. The van der Waals surface area contributed by atoms with Crippen molar-refractivity contribution in [1.82, 2.24) is 5.01 Å². The number of anilines is 2. The third-order valence-electron chi connectivity index (χ3n) is 4.56. The molecule has 0 aromatic heterocycles. The lowest BCUT2D eigenvalue weighted by Gasteiger charge is -2.36. The number of hydrazine groups is 1. The van der Waals surface area contributed by atoms with Crippen LogP contribution in [0.2, 0.25) is 0 Å². The highest BCUT2D eigenvalue weighted by molar-refractivity contribution is 6.31.